The molecule has 1 aliphatic carbocycles. The van der Waals surface area contributed by atoms with Crippen LogP contribution in [0.4, 0.5) is 0 Å². The van der Waals surface area contributed by atoms with Gasteiger partial charge in [-0.2, -0.15) is 0 Å². The molecule has 0 aromatic carbocycles. The second-order valence-corrected chi connectivity index (χ2v) is 10.1. The van der Waals surface area contributed by atoms with E-state index in [1.54, 1.807) is 11.3 Å². The molecule has 0 atom stereocenters. The predicted octanol–water partition coefficient (Wildman–Crippen LogP) is 2.92. The van der Waals surface area contributed by atoms with Gasteiger partial charge in [0.15, 0.2) is 5.96 Å². The van der Waals surface area contributed by atoms with Crippen molar-refractivity contribution < 1.29 is 4.79 Å². The molecule has 2 fully saturated rings. The fourth-order valence-electron chi connectivity index (χ4n) is 4.32. The predicted molar refractivity (Wildman–Crippen MR) is 126 cm³/mol. The number of aliphatic imine (C=N–C) groups is 1. The first-order valence-electron chi connectivity index (χ1n) is 11.6. The van der Waals surface area contributed by atoms with E-state index in [0.717, 1.165) is 71.2 Å². The van der Waals surface area contributed by atoms with Crippen molar-refractivity contribution in [1.29, 1.82) is 0 Å². The maximum absolute atomic E-state index is 12.6. The van der Waals surface area contributed by atoms with Crippen LogP contribution >= 0.6 is 11.3 Å². The van der Waals surface area contributed by atoms with Gasteiger partial charge in [-0.25, -0.2) is 0 Å². The summed E-state index contributed by atoms with van der Waals surface area (Å²) in [5, 5.41) is 8.98. The number of guanidine groups is 1. The summed E-state index contributed by atoms with van der Waals surface area (Å²) in [5.74, 6) is 1.59. The van der Waals surface area contributed by atoms with Crippen molar-refractivity contribution in [2.45, 2.75) is 51.9 Å². The number of amides is 1. The van der Waals surface area contributed by atoms with Gasteiger partial charge < -0.3 is 15.5 Å². The van der Waals surface area contributed by atoms with Crippen LogP contribution in [0.15, 0.2) is 22.5 Å². The number of nitrogens with zero attached hydrogens (tertiary/aromatic N) is 3. The third kappa shape index (κ3) is 6.45. The molecule has 1 saturated carbocycles. The van der Waals surface area contributed by atoms with E-state index in [1.807, 2.05) is 0 Å². The van der Waals surface area contributed by atoms with Crippen LogP contribution in [0.5, 0.6) is 0 Å². The molecule has 1 amide bonds. The van der Waals surface area contributed by atoms with E-state index in [2.05, 4.69) is 58.7 Å². The van der Waals surface area contributed by atoms with E-state index in [-0.39, 0.29) is 5.41 Å². The van der Waals surface area contributed by atoms with E-state index in [9.17, 15) is 4.79 Å². The molecular weight excluding hydrogens is 394 g/mol. The van der Waals surface area contributed by atoms with Gasteiger partial charge in [-0.1, -0.05) is 32.8 Å². The number of hydrogen-bond donors (Lipinski definition) is 2. The summed E-state index contributed by atoms with van der Waals surface area (Å²) in [6.45, 7) is 13.7. The molecule has 30 heavy (non-hydrogen) atoms. The van der Waals surface area contributed by atoms with Crippen LogP contribution in [0.25, 0.3) is 0 Å². The normalized spacial score (nSPS) is 19.3. The maximum Gasteiger partial charge on any atom is 0.225 e. The molecule has 6 nitrogen and oxygen atoms in total. The van der Waals surface area contributed by atoms with Crippen LogP contribution in [0.1, 0.15) is 51.3 Å². The summed E-state index contributed by atoms with van der Waals surface area (Å²) in [6.07, 6.45) is 4.64. The highest BCUT2D eigenvalue weighted by Gasteiger charge is 2.29. The van der Waals surface area contributed by atoms with Crippen LogP contribution in [0.3, 0.4) is 0 Å². The van der Waals surface area contributed by atoms with E-state index >= 15 is 0 Å². The van der Waals surface area contributed by atoms with Gasteiger partial charge in [0, 0.05) is 62.0 Å². The zero-order valence-electron chi connectivity index (χ0n) is 19.0. The molecule has 7 heteroatoms. The van der Waals surface area contributed by atoms with Gasteiger partial charge in [0.25, 0.3) is 0 Å². The molecule has 0 spiro atoms. The Morgan fingerprint density at radius 1 is 1.20 bits per heavy atom. The first kappa shape index (κ1) is 23.1. The summed E-state index contributed by atoms with van der Waals surface area (Å²) < 4.78 is 0. The Labute approximate surface area is 186 Å². The van der Waals surface area contributed by atoms with Gasteiger partial charge in [0.1, 0.15) is 0 Å². The van der Waals surface area contributed by atoms with Gasteiger partial charge in [-0.3, -0.25) is 14.7 Å². The molecule has 0 bridgehead atoms. The summed E-state index contributed by atoms with van der Waals surface area (Å²) >= 11 is 1.80. The Kier molecular flexibility index (Phi) is 8.57. The van der Waals surface area contributed by atoms with Gasteiger partial charge >= 0.3 is 0 Å². The lowest BCUT2D eigenvalue weighted by atomic mass is 9.92. The molecule has 1 aromatic heterocycles. The Morgan fingerprint density at radius 2 is 1.93 bits per heavy atom. The standard InChI is InChI=1S/C23H39N5OS/c1-4-24-22(26-18-23(2,3)20-10-7-17-30-20)25-11-12-27-13-15-28(16-14-27)21(29)19-8-5-6-9-19/h7,10,17,19H,4-6,8-9,11-16,18H2,1-3H3,(H2,24,25,26). The van der Waals surface area contributed by atoms with Gasteiger partial charge in [0.2, 0.25) is 5.91 Å². The first-order valence-corrected chi connectivity index (χ1v) is 12.4. The van der Waals surface area contributed by atoms with Crippen LogP contribution in [-0.2, 0) is 10.2 Å². The topological polar surface area (TPSA) is 60.0 Å². The monoisotopic (exact) mass is 433 g/mol. The van der Waals surface area contributed by atoms with E-state index in [4.69, 9.17) is 4.99 Å². The SMILES string of the molecule is CCNC(=NCC(C)(C)c1cccs1)NCCN1CCN(C(=O)C2CCCC2)CC1. The maximum atomic E-state index is 12.6. The second kappa shape index (κ2) is 11.1. The van der Waals surface area contributed by atoms with E-state index in [0.29, 0.717) is 11.8 Å². The number of nitrogens with one attached hydrogen (secondary N) is 2. The molecule has 1 aliphatic heterocycles. The minimum absolute atomic E-state index is 0.0404. The highest BCUT2D eigenvalue weighted by Crippen LogP contribution is 2.28. The molecule has 2 heterocycles. The van der Waals surface area contributed by atoms with Crippen molar-refractivity contribution in [2.75, 3.05) is 52.4 Å². The van der Waals surface area contributed by atoms with Gasteiger partial charge in [-0.05, 0) is 31.2 Å². The summed E-state index contributed by atoms with van der Waals surface area (Å²) in [7, 11) is 0. The third-order valence-corrected chi connectivity index (χ3v) is 7.51. The van der Waals surface area contributed by atoms with Crippen molar-refractivity contribution in [2.24, 2.45) is 10.9 Å². The fraction of sp³-hybridized carbons (Fsp3) is 0.739. The molecule has 1 aromatic rings. The number of piperazine rings is 1. The van der Waals surface area contributed by atoms with Crippen molar-refractivity contribution in [3.63, 3.8) is 0 Å². The smallest absolute Gasteiger partial charge is 0.225 e. The van der Waals surface area contributed by atoms with Crippen LogP contribution in [0, 0.1) is 5.92 Å². The van der Waals surface area contributed by atoms with Crippen molar-refractivity contribution in [3.8, 4) is 0 Å². The quantitative estimate of drug-likeness (QED) is 0.489. The number of thiophene rings is 1. The lowest BCUT2D eigenvalue weighted by molar-refractivity contribution is -0.137. The van der Waals surface area contributed by atoms with Crippen molar-refractivity contribution in [1.82, 2.24) is 20.4 Å². The van der Waals surface area contributed by atoms with Gasteiger partial charge in [-0.15, -0.1) is 11.3 Å². The highest BCUT2D eigenvalue weighted by atomic mass is 32.1. The number of carbonyl (C=O) groups is 1. The van der Waals surface area contributed by atoms with Crippen LogP contribution < -0.4 is 10.6 Å². The Bertz CT molecular complexity index is 674. The van der Waals surface area contributed by atoms with Gasteiger partial charge in [0.05, 0.1) is 6.54 Å². The molecule has 3 rings (SSSR count). The van der Waals surface area contributed by atoms with E-state index in [1.165, 1.54) is 17.7 Å². The molecule has 2 N–H and O–H groups in total. The largest absolute Gasteiger partial charge is 0.357 e. The summed E-state index contributed by atoms with van der Waals surface area (Å²) in [5.41, 5.74) is 0.0404. The average Bonchev–Trinajstić information content (AvgIpc) is 3.46. The average molecular weight is 434 g/mol. The molecular formula is C23H39N5OS. The van der Waals surface area contributed by atoms with Crippen LogP contribution in [-0.4, -0.2) is 74.0 Å². The molecule has 1 saturated heterocycles. The first-order chi connectivity index (χ1) is 14.5. The van der Waals surface area contributed by atoms with E-state index < -0.39 is 0 Å². The summed E-state index contributed by atoms with van der Waals surface area (Å²) in [6, 6.07) is 4.30. The Morgan fingerprint density at radius 3 is 2.57 bits per heavy atom. The number of rotatable bonds is 8. The lowest BCUT2D eigenvalue weighted by Gasteiger charge is -2.36. The third-order valence-electron chi connectivity index (χ3n) is 6.27. The highest BCUT2D eigenvalue weighted by molar-refractivity contribution is 7.10. The number of carbonyl (C=O) groups excluding carboxylic acids is 1. The van der Waals surface area contributed by atoms with Crippen molar-refractivity contribution in [3.05, 3.63) is 22.4 Å². The Hall–Kier alpha value is -1.60. The zero-order valence-corrected chi connectivity index (χ0v) is 19.8. The minimum atomic E-state index is 0.0404. The molecule has 0 unspecified atom stereocenters. The Balaban J connectivity index is 1.40. The fourth-order valence-corrected chi connectivity index (χ4v) is 5.16. The minimum Gasteiger partial charge on any atom is -0.357 e. The van der Waals surface area contributed by atoms with Crippen molar-refractivity contribution >= 4 is 23.2 Å². The zero-order chi connectivity index (χ0) is 21.4. The van der Waals surface area contributed by atoms with Crippen LogP contribution in [0.2, 0.25) is 0 Å². The lowest BCUT2D eigenvalue weighted by Crippen LogP contribution is -2.52. The molecule has 168 valence electrons. The number of hydrogen-bond acceptors (Lipinski definition) is 4. The second-order valence-electron chi connectivity index (χ2n) is 9.13. The summed E-state index contributed by atoms with van der Waals surface area (Å²) in [4.78, 5) is 23.3. The molecule has 2 aliphatic rings. The molecule has 0 radical (unpaired) electrons.